The normalized spacial score (nSPS) is 19.0. The zero-order chi connectivity index (χ0) is 26.0. The third-order valence-corrected chi connectivity index (χ3v) is 7.20. The zero-order valence-corrected chi connectivity index (χ0v) is 24.1. The SMILES string of the molecule is CCOc1cc2c(cc1OCC)[C@H]1CN(C)CC[C@H]1N=C2c1ccc(C(=O)N(C(C)C)C(C)C)cc1.Cl. The standard InChI is InChI=1S/C30H41N3O3.ClH/c1-8-35-27-16-23-24(17-28(27)36-9-2)29(31-26-14-15-32(7)18-25(23)26)21-10-12-22(13-11-21)30(34)33(19(3)4)20(5)6;/h10-13,16-17,19-20,25-26H,8-9,14-15,18H2,1-7H3;1H/t25-,26-;/m1./s1. The number of halogens is 1. The van der Waals surface area contributed by atoms with Crippen LogP contribution in [0.4, 0.5) is 0 Å². The van der Waals surface area contributed by atoms with Crippen molar-refractivity contribution in [2.45, 2.75) is 72.0 Å². The molecule has 2 aromatic carbocycles. The van der Waals surface area contributed by atoms with E-state index in [2.05, 4.69) is 51.8 Å². The van der Waals surface area contributed by atoms with Gasteiger partial charge in [0.25, 0.3) is 5.91 Å². The van der Waals surface area contributed by atoms with E-state index in [4.69, 9.17) is 14.5 Å². The molecule has 0 saturated carbocycles. The van der Waals surface area contributed by atoms with Crippen LogP contribution in [0.25, 0.3) is 0 Å². The molecule has 2 aromatic rings. The number of hydrogen-bond donors (Lipinski definition) is 0. The van der Waals surface area contributed by atoms with Gasteiger partial charge in [-0.15, -0.1) is 12.4 Å². The van der Waals surface area contributed by atoms with Gasteiger partial charge in [0.05, 0.1) is 25.0 Å². The van der Waals surface area contributed by atoms with Crippen LogP contribution >= 0.6 is 12.4 Å². The Morgan fingerprint density at radius 2 is 1.62 bits per heavy atom. The van der Waals surface area contributed by atoms with Gasteiger partial charge in [0.15, 0.2) is 11.5 Å². The summed E-state index contributed by atoms with van der Waals surface area (Å²) >= 11 is 0. The van der Waals surface area contributed by atoms with E-state index < -0.39 is 0 Å². The summed E-state index contributed by atoms with van der Waals surface area (Å²) in [5, 5.41) is 0. The van der Waals surface area contributed by atoms with Gasteiger partial charge >= 0.3 is 0 Å². The monoisotopic (exact) mass is 527 g/mol. The highest BCUT2D eigenvalue weighted by molar-refractivity contribution is 6.15. The maximum Gasteiger partial charge on any atom is 0.254 e. The summed E-state index contributed by atoms with van der Waals surface area (Å²) < 4.78 is 12.0. The molecule has 0 N–H and O–H groups in total. The number of amides is 1. The molecular weight excluding hydrogens is 486 g/mol. The molecule has 2 heterocycles. The van der Waals surface area contributed by atoms with Gasteiger partial charge in [-0.05, 0) is 91.4 Å². The van der Waals surface area contributed by atoms with Crippen LogP contribution < -0.4 is 9.47 Å². The van der Waals surface area contributed by atoms with E-state index in [0.717, 1.165) is 47.8 Å². The molecule has 2 aliphatic rings. The number of piperidine rings is 1. The van der Waals surface area contributed by atoms with E-state index in [1.807, 2.05) is 43.0 Å². The molecule has 0 bridgehead atoms. The molecule has 0 spiro atoms. The Kier molecular flexibility index (Phi) is 9.65. The van der Waals surface area contributed by atoms with Crippen LogP contribution in [0.5, 0.6) is 11.5 Å². The largest absolute Gasteiger partial charge is 0.490 e. The second-order valence-corrected chi connectivity index (χ2v) is 10.4. The summed E-state index contributed by atoms with van der Waals surface area (Å²) in [5.41, 5.74) is 5.08. The number of hydrogen-bond acceptors (Lipinski definition) is 5. The Morgan fingerprint density at radius 1 is 1.03 bits per heavy atom. The van der Waals surface area contributed by atoms with Gasteiger partial charge in [0.2, 0.25) is 0 Å². The van der Waals surface area contributed by atoms with Gasteiger partial charge in [-0.3, -0.25) is 9.79 Å². The second kappa shape index (κ2) is 12.3. The first kappa shape index (κ1) is 29.0. The average molecular weight is 528 g/mol. The van der Waals surface area contributed by atoms with Gasteiger partial charge < -0.3 is 19.3 Å². The van der Waals surface area contributed by atoms with Gasteiger partial charge in [-0.25, -0.2) is 0 Å². The third-order valence-electron chi connectivity index (χ3n) is 7.20. The number of ether oxygens (including phenoxy) is 2. The van der Waals surface area contributed by atoms with Crippen LogP contribution in [-0.4, -0.2) is 72.9 Å². The fourth-order valence-corrected chi connectivity index (χ4v) is 5.64. The van der Waals surface area contributed by atoms with Crippen molar-refractivity contribution in [2.24, 2.45) is 4.99 Å². The van der Waals surface area contributed by atoms with Crippen molar-refractivity contribution in [3.63, 3.8) is 0 Å². The first-order chi connectivity index (χ1) is 17.2. The molecule has 202 valence electrons. The molecule has 7 heteroatoms. The number of nitrogens with zero attached hydrogens (tertiary/aromatic N) is 3. The summed E-state index contributed by atoms with van der Waals surface area (Å²) in [5.74, 6) is 1.94. The molecule has 0 unspecified atom stereocenters. The van der Waals surface area contributed by atoms with E-state index in [1.165, 1.54) is 5.56 Å². The first-order valence-corrected chi connectivity index (χ1v) is 13.4. The third kappa shape index (κ3) is 5.96. The van der Waals surface area contributed by atoms with Crippen molar-refractivity contribution in [1.29, 1.82) is 0 Å². The Bertz CT molecular complexity index is 1110. The summed E-state index contributed by atoms with van der Waals surface area (Å²) in [4.78, 5) is 22.8. The molecule has 1 saturated heterocycles. The molecule has 37 heavy (non-hydrogen) atoms. The minimum absolute atomic E-state index is 0. The minimum atomic E-state index is 0. The van der Waals surface area contributed by atoms with E-state index in [9.17, 15) is 4.79 Å². The molecule has 0 radical (unpaired) electrons. The highest BCUT2D eigenvalue weighted by atomic mass is 35.5. The quantitative estimate of drug-likeness (QED) is 0.435. The molecular formula is C30H42ClN3O3. The first-order valence-electron chi connectivity index (χ1n) is 13.4. The number of carbonyl (C=O) groups excluding carboxylic acids is 1. The smallest absolute Gasteiger partial charge is 0.254 e. The van der Waals surface area contributed by atoms with Gasteiger partial charge in [0, 0.05) is 41.2 Å². The lowest BCUT2D eigenvalue weighted by molar-refractivity contribution is 0.0643. The number of likely N-dealkylation sites (tertiary alicyclic amines) is 1. The predicted molar refractivity (Wildman–Crippen MR) is 153 cm³/mol. The number of carbonyl (C=O) groups is 1. The summed E-state index contributed by atoms with van der Waals surface area (Å²) in [6.07, 6.45) is 1.02. The van der Waals surface area contributed by atoms with Crippen molar-refractivity contribution in [1.82, 2.24) is 9.80 Å². The minimum Gasteiger partial charge on any atom is -0.490 e. The van der Waals surface area contributed by atoms with Gasteiger partial charge in [-0.1, -0.05) is 12.1 Å². The van der Waals surface area contributed by atoms with Crippen LogP contribution in [0.3, 0.4) is 0 Å². The van der Waals surface area contributed by atoms with Crippen molar-refractivity contribution < 1.29 is 14.3 Å². The predicted octanol–water partition coefficient (Wildman–Crippen LogP) is 5.80. The Hall–Kier alpha value is -2.57. The second-order valence-electron chi connectivity index (χ2n) is 10.4. The lowest BCUT2D eigenvalue weighted by atomic mass is 9.79. The van der Waals surface area contributed by atoms with Crippen LogP contribution in [0.1, 0.15) is 80.9 Å². The molecule has 0 aliphatic carbocycles. The average Bonchev–Trinajstić information content (AvgIpc) is 2.84. The van der Waals surface area contributed by atoms with Crippen LogP contribution in [-0.2, 0) is 0 Å². The Labute approximate surface area is 228 Å². The highest BCUT2D eigenvalue weighted by Gasteiger charge is 2.36. The van der Waals surface area contributed by atoms with E-state index in [1.54, 1.807) is 0 Å². The number of aliphatic imine (C=N–C) groups is 1. The fraction of sp³-hybridized carbons (Fsp3) is 0.533. The maximum atomic E-state index is 13.2. The number of likely N-dealkylation sites (N-methyl/N-ethyl adjacent to an activating group) is 1. The van der Waals surface area contributed by atoms with Crippen LogP contribution in [0, 0.1) is 0 Å². The fourth-order valence-electron chi connectivity index (χ4n) is 5.64. The lowest BCUT2D eigenvalue weighted by Crippen LogP contribution is -2.42. The molecule has 6 nitrogen and oxygen atoms in total. The Balaban J connectivity index is 0.00000380. The van der Waals surface area contributed by atoms with Crippen molar-refractivity contribution >= 4 is 24.0 Å². The number of benzene rings is 2. The summed E-state index contributed by atoms with van der Waals surface area (Å²) in [6.45, 7) is 15.4. The Morgan fingerprint density at radius 3 is 2.19 bits per heavy atom. The van der Waals surface area contributed by atoms with Gasteiger partial charge in [-0.2, -0.15) is 0 Å². The van der Waals surface area contributed by atoms with Crippen LogP contribution in [0.15, 0.2) is 41.4 Å². The van der Waals surface area contributed by atoms with E-state index in [-0.39, 0.29) is 36.4 Å². The number of rotatable bonds is 8. The molecule has 2 aliphatic heterocycles. The van der Waals surface area contributed by atoms with E-state index in [0.29, 0.717) is 24.7 Å². The topological polar surface area (TPSA) is 54.4 Å². The summed E-state index contributed by atoms with van der Waals surface area (Å²) in [6, 6.07) is 12.8. The van der Waals surface area contributed by atoms with Crippen molar-refractivity contribution in [3.05, 3.63) is 58.7 Å². The molecule has 1 amide bonds. The highest BCUT2D eigenvalue weighted by Crippen LogP contribution is 2.42. The maximum absolute atomic E-state index is 13.2. The lowest BCUT2D eigenvalue weighted by Gasteiger charge is -2.39. The van der Waals surface area contributed by atoms with E-state index >= 15 is 0 Å². The van der Waals surface area contributed by atoms with Crippen LogP contribution in [0.2, 0.25) is 0 Å². The molecule has 0 aromatic heterocycles. The molecule has 4 rings (SSSR count). The molecule has 2 atom stereocenters. The van der Waals surface area contributed by atoms with Crippen molar-refractivity contribution in [3.8, 4) is 11.5 Å². The van der Waals surface area contributed by atoms with Gasteiger partial charge in [0.1, 0.15) is 0 Å². The zero-order valence-electron chi connectivity index (χ0n) is 23.3. The summed E-state index contributed by atoms with van der Waals surface area (Å²) in [7, 11) is 2.18. The molecule has 1 fully saturated rings. The number of fused-ring (bicyclic) bond motifs is 3. The van der Waals surface area contributed by atoms with Crippen molar-refractivity contribution in [2.75, 3.05) is 33.4 Å².